The van der Waals surface area contributed by atoms with E-state index in [4.69, 9.17) is 27.9 Å². The third-order valence-electron chi connectivity index (χ3n) is 8.51. The zero-order valence-corrected chi connectivity index (χ0v) is 22.3. The van der Waals surface area contributed by atoms with Crippen molar-refractivity contribution in [2.75, 3.05) is 5.32 Å². The fraction of sp³-hybridized carbons (Fsp3) is 0.400. The molecule has 2 aromatic carbocycles. The SMILES string of the molecule is O=C1C[C@@H](C2C=CC=C(Cl)C2)[C@]2(C(=O)Nc3cc(F)ccc32)[C@@H](c2cc(Cl)ccc2OC2CCCCC2)N1. The van der Waals surface area contributed by atoms with Gasteiger partial charge < -0.3 is 15.4 Å². The second-order valence-corrected chi connectivity index (χ2v) is 11.7. The van der Waals surface area contributed by atoms with Crippen molar-refractivity contribution in [3.8, 4) is 5.75 Å². The van der Waals surface area contributed by atoms with Gasteiger partial charge in [0.1, 0.15) is 17.0 Å². The van der Waals surface area contributed by atoms with Gasteiger partial charge in [-0.25, -0.2) is 4.39 Å². The van der Waals surface area contributed by atoms with Crippen LogP contribution in [0.4, 0.5) is 10.1 Å². The summed E-state index contributed by atoms with van der Waals surface area (Å²) in [5, 5.41) is 7.21. The Hall–Kier alpha value is -2.83. The predicted octanol–water partition coefficient (Wildman–Crippen LogP) is 6.96. The molecule has 2 N–H and O–H groups in total. The quantitative estimate of drug-likeness (QED) is 0.429. The minimum Gasteiger partial charge on any atom is -0.490 e. The van der Waals surface area contributed by atoms with E-state index in [0.29, 0.717) is 39.0 Å². The van der Waals surface area contributed by atoms with Crippen LogP contribution in [0.5, 0.6) is 5.75 Å². The third kappa shape index (κ3) is 4.32. The van der Waals surface area contributed by atoms with Crippen molar-refractivity contribution in [1.29, 1.82) is 0 Å². The van der Waals surface area contributed by atoms with Crippen LogP contribution in [0.15, 0.2) is 59.7 Å². The van der Waals surface area contributed by atoms with Gasteiger partial charge in [-0.1, -0.05) is 47.8 Å². The minimum absolute atomic E-state index is 0.0544. The van der Waals surface area contributed by atoms with Gasteiger partial charge in [-0.15, -0.1) is 0 Å². The molecule has 0 bridgehead atoms. The van der Waals surface area contributed by atoms with Crippen molar-refractivity contribution < 1.29 is 18.7 Å². The largest absolute Gasteiger partial charge is 0.490 e. The summed E-state index contributed by atoms with van der Waals surface area (Å²) in [7, 11) is 0. The Kier molecular flexibility index (Phi) is 6.73. The van der Waals surface area contributed by atoms with Crippen LogP contribution in [0, 0.1) is 17.7 Å². The van der Waals surface area contributed by atoms with Gasteiger partial charge in [0.25, 0.3) is 0 Å². The van der Waals surface area contributed by atoms with Crippen LogP contribution < -0.4 is 15.4 Å². The van der Waals surface area contributed by atoms with Crippen LogP contribution in [0.3, 0.4) is 0 Å². The third-order valence-corrected chi connectivity index (χ3v) is 9.03. The van der Waals surface area contributed by atoms with E-state index >= 15 is 0 Å². The van der Waals surface area contributed by atoms with E-state index in [2.05, 4.69) is 10.6 Å². The van der Waals surface area contributed by atoms with E-state index < -0.39 is 23.2 Å². The van der Waals surface area contributed by atoms with Gasteiger partial charge in [0.05, 0.1) is 12.1 Å². The molecule has 4 aliphatic rings. The number of benzene rings is 2. The number of carbonyl (C=O) groups is 2. The second kappa shape index (κ2) is 10.0. The lowest BCUT2D eigenvalue weighted by Gasteiger charge is -2.49. The highest BCUT2D eigenvalue weighted by molar-refractivity contribution is 6.30. The fourth-order valence-electron chi connectivity index (χ4n) is 6.86. The molecule has 6 rings (SSSR count). The number of rotatable bonds is 4. The van der Waals surface area contributed by atoms with E-state index in [9.17, 15) is 14.0 Å². The van der Waals surface area contributed by atoms with E-state index in [1.165, 1.54) is 18.6 Å². The Labute approximate surface area is 231 Å². The normalized spacial score (nSPS) is 29.0. The van der Waals surface area contributed by atoms with E-state index in [1.807, 2.05) is 24.3 Å². The van der Waals surface area contributed by atoms with Gasteiger partial charge >= 0.3 is 0 Å². The summed E-state index contributed by atoms with van der Waals surface area (Å²) in [4.78, 5) is 27.5. The molecule has 2 aromatic rings. The summed E-state index contributed by atoms with van der Waals surface area (Å²) in [6, 6.07) is 8.97. The molecule has 0 radical (unpaired) electrons. The summed E-state index contributed by atoms with van der Waals surface area (Å²) in [6.45, 7) is 0. The van der Waals surface area contributed by atoms with Crippen LogP contribution in [0.1, 0.15) is 62.1 Å². The molecule has 1 saturated carbocycles. The lowest BCUT2D eigenvalue weighted by Crippen LogP contribution is -2.59. The number of anilines is 1. The van der Waals surface area contributed by atoms with Gasteiger partial charge in [-0.05, 0) is 85.9 Å². The monoisotopic (exact) mass is 554 g/mol. The van der Waals surface area contributed by atoms with Crippen molar-refractivity contribution in [3.05, 3.63) is 81.6 Å². The topological polar surface area (TPSA) is 67.4 Å². The Balaban J connectivity index is 1.54. The Bertz CT molecular complexity index is 1350. The number of allylic oxidation sites excluding steroid dienone is 4. The van der Waals surface area contributed by atoms with Crippen LogP contribution in [0.25, 0.3) is 0 Å². The summed E-state index contributed by atoms with van der Waals surface area (Å²) in [6.07, 6.45) is 11.7. The molecule has 2 amide bonds. The second-order valence-electron chi connectivity index (χ2n) is 10.8. The van der Waals surface area contributed by atoms with Crippen LogP contribution in [-0.2, 0) is 15.0 Å². The standard InChI is InChI=1S/C30H29Cl2FN2O3/c31-18-6-4-5-17(13-18)24-16-27(36)35-28(30(24)23-11-10-20(33)15-25(23)34-29(30)37)22-14-19(32)9-12-26(22)38-21-7-2-1-3-8-21/h4-6,9-12,14-15,17,21,24,28H,1-3,7-8,13,16H2,(H,34,37)(H,35,36)/t17?,24-,28+,30-/m0/s1. The summed E-state index contributed by atoms with van der Waals surface area (Å²) >= 11 is 13.0. The molecule has 2 fully saturated rings. The molecule has 2 aliphatic heterocycles. The molecule has 8 heteroatoms. The van der Waals surface area contributed by atoms with Crippen molar-refractivity contribution >= 4 is 40.7 Å². The number of hydrogen-bond acceptors (Lipinski definition) is 3. The molecule has 0 aromatic heterocycles. The van der Waals surface area contributed by atoms with E-state index in [1.54, 1.807) is 18.2 Å². The average molecular weight is 555 g/mol. The molecule has 1 unspecified atom stereocenters. The lowest BCUT2D eigenvalue weighted by molar-refractivity contribution is -0.135. The zero-order valence-electron chi connectivity index (χ0n) is 20.8. The lowest BCUT2D eigenvalue weighted by atomic mass is 9.57. The molecule has 1 saturated heterocycles. The van der Waals surface area contributed by atoms with Crippen molar-refractivity contribution in [1.82, 2.24) is 5.32 Å². The molecule has 2 heterocycles. The summed E-state index contributed by atoms with van der Waals surface area (Å²) < 4.78 is 20.8. The van der Waals surface area contributed by atoms with Crippen molar-refractivity contribution in [3.63, 3.8) is 0 Å². The van der Waals surface area contributed by atoms with Gasteiger partial charge in [0.15, 0.2) is 0 Å². The highest BCUT2D eigenvalue weighted by Gasteiger charge is 2.62. The van der Waals surface area contributed by atoms with Gasteiger partial charge in [-0.3, -0.25) is 9.59 Å². The molecular weight excluding hydrogens is 526 g/mol. The number of carbonyl (C=O) groups excluding carboxylic acids is 2. The first-order valence-corrected chi connectivity index (χ1v) is 14.0. The smallest absolute Gasteiger partial charge is 0.237 e. The molecular formula is C30H29Cl2FN2O3. The number of hydrogen-bond donors (Lipinski definition) is 2. The van der Waals surface area contributed by atoms with Crippen LogP contribution >= 0.6 is 23.2 Å². The predicted molar refractivity (Wildman–Crippen MR) is 146 cm³/mol. The highest BCUT2D eigenvalue weighted by atomic mass is 35.5. The molecule has 5 nitrogen and oxygen atoms in total. The summed E-state index contributed by atoms with van der Waals surface area (Å²) in [5.41, 5.74) is 0.492. The molecule has 198 valence electrons. The first-order valence-electron chi connectivity index (χ1n) is 13.3. The average Bonchev–Trinajstić information content (AvgIpc) is 3.18. The molecule has 4 atom stereocenters. The Morgan fingerprint density at radius 1 is 1.00 bits per heavy atom. The maximum Gasteiger partial charge on any atom is 0.237 e. The molecule has 1 spiro atoms. The molecule has 38 heavy (non-hydrogen) atoms. The number of fused-ring (bicyclic) bond motifs is 2. The minimum atomic E-state index is -1.23. The maximum absolute atomic E-state index is 14.3. The highest BCUT2D eigenvalue weighted by Crippen LogP contribution is 2.58. The molecule has 2 aliphatic carbocycles. The maximum atomic E-state index is 14.3. The van der Waals surface area contributed by atoms with E-state index in [0.717, 1.165) is 25.7 Å². The Morgan fingerprint density at radius 3 is 2.61 bits per heavy atom. The number of nitrogens with one attached hydrogen (secondary N) is 2. The number of ether oxygens (including phenoxy) is 1. The van der Waals surface area contributed by atoms with Gasteiger partial charge in [0, 0.05) is 27.7 Å². The Morgan fingerprint density at radius 2 is 1.82 bits per heavy atom. The first kappa shape index (κ1) is 25.4. The summed E-state index contributed by atoms with van der Waals surface area (Å²) in [5.74, 6) is -0.904. The van der Waals surface area contributed by atoms with Crippen molar-refractivity contribution in [2.24, 2.45) is 11.8 Å². The fourth-order valence-corrected chi connectivity index (χ4v) is 7.29. The number of piperidine rings is 1. The van der Waals surface area contributed by atoms with E-state index in [-0.39, 0.29) is 30.3 Å². The van der Waals surface area contributed by atoms with Gasteiger partial charge in [-0.2, -0.15) is 0 Å². The first-order chi connectivity index (χ1) is 18.4. The van der Waals surface area contributed by atoms with Crippen LogP contribution in [0.2, 0.25) is 5.02 Å². The zero-order chi connectivity index (χ0) is 26.4. The number of amides is 2. The van der Waals surface area contributed by atoms with Gasteiger partial charge in [0.2, 0.25) is 11.8 Å². The van der Waals surface area contributed by atoms with Crippen LogP contribution in [-0.4, -0.2) is 17.9 Å². The van der Waals surface area contributed by atoms with Crippen molar-refractivity contribution in [2.45, 2.75) is 62.5 Å². The number of halogens is 3.